The Morgan fingerprint density at radius 1 is 1.22 bits per heavy atom. The van der Waals surface area contributed by atoms with Crippen LogP contribution in [0.1, 0.15) is 16.1 Å². The Bertz CT molecular complexity index is 1330. The van der Waals surface area contributed by atoms with Crippen LogP contribution < -0.4 is 5.32 Å². The molecule has 0 saturated carbocycles. The minimum absolute atomic E-state index is 0.0809. The molecule has 0 radical (unpaired) electrons. The standard InChI is InChI=1S/C21H12ClN3O6S/c22-15-7-5-11(9-14(15)20(27)28)23-21-24-19(26)18(32-21)10-12-6-8-17(31-12)13-3-1-2-4-16(13)25(29)30/h1-10H,(H,27,28)(H,23,24,26)/b18-10-. The van der Waals surface area contributed by atoms with Gasteiger partial charge in [0, 0.05) is 12.1 Å². The predicted molar refractivity (Wildman–Crippen MR) is 120 cm³/mol. The molecule has 1 aromatic heterocycles. The van der Waals surface area contributed by atoms with Gasteiger partial charge in [-0.3, -0.25) is 14.9 Å². The second kappa shape index (κ2) is 8.69. The molecule has 0 unspecified atom stereocenters. The van der Waals surface area contributed by atoms with Gasteiger partial charge in [0.15, 0.2) is 5.17 Å². The average Bonchev–Trinajstić information content (AvgIpc) is 3.36. The smallest absolute Gasteiger partial charge is 0.337 e. The number of amidine groups is 1. The predicted octanol–water partition coefficient (Wildman–Crippen LogP) is 5.10. The van der Waals surface area contributed by atoms with E-state index in [0.717, 1.165) is 11.8 Å². The van der Waals surface area contributed by atoms with Crippen molar-refractivity contribution >= 4 is 57.9 Å². The summed E-state index contributed by atoms with van der Waals surface area (Å²) in [5.74, 6) is -0.974. The van der Waals surface area contributed by atoms with Crippen molar-refractivity contribution in [3.05, 3.63) is 86.0 Å². The van der Waals surface area contributed by atoms with Crippen LogP contribution in [0, 0.1) is 10.1 Å². The van der Waals surface area contributed by atoms with Gasteiger partial charge in [-0.15, -0.1) is 0 Å². The number of nitrogens with one attached hydrogen (secondary N) is 1. The van der Waals surface area contributed by atoms with E-state index in [0.29, 0.717) is 27.7 Å². The molecule has 32 heavy (non-hydrogen) atoms. The van der Waals surface area contributed by atoms with Crippen molar-refractivity contribution in [1.82, 2.24) is 5.32 Å². The van der Waals surface area contributed by atoms with E-state index < -0.39 is 16.8 Å². The van der Waals surface area contributed by atoms with Gasteiger partial charge in [-0.2, -0.15) is 0 Å². The molecule has 1 aliphatic heterocycles. The zero-order valence-corrected chi connectivity index (χ0v) is 17.5. The minimum Gasteiger partial charge on any atom is -0.478 e. The Balaban J connectivity index is 1.58. The lowest BCUT2D eigenvalue weighted by atomic mass is 10.1. The Labute approximate surface area is 189 Å². The summed E-state index contributed by atoms with van der Waals surface area (Å²) in [6.07, 6.45) is 1.49. The molecular formula is C21H12ClN3O6S. The highest BCUT2D eigenvalue weighted by Crippen LogP contribution is 2.33. The Hall–Kier alpha value is -3.89. The fraction of sp³-hybridized carbons (Fsp3) is 0. The number of hydrogen-bond donors (Lipinski definition) is 2. The molecule has 1 fully saturated rings. The largest absolute Gasteiger partial charge is 0.478 e. The highest BCUT2D eigenvalue weighted by atomic mass is 35.5. The Morgan fingerprint density at radius 2 is 2.00 bits per heavy atom. The number of carbonyl (C=O) groups is 2. The van der Waals surface area contributed by atoms with Crippen LogP contribution in [0.5, 0.6) is 0 Å². The number of aliphatic imine (C=N–C) groups is 1. The number of amides is 1. The van der Waals surface area contributed by atoms with E-state index in [9.17, 15) is 19.7 Å². The number of nitrogens with zero attached hydrogens (tertiary/aromatic N) is 2. The van der Waals surface area contributed by atoms with E-state index in [4.69, 9.17) is 21.1 Å². The molecule has 1 amide bonds. The van der Waals surface area contributed by atoms with Gasteiger partial charge in [-0.1, -0.05) is 23.7 Å². The van der Waals surface area contributed by atoms with Crippen molar-refractivity contribution in [3.63, 3.8) is 0 Å². The highest BCUT2D eigenvalue weighted by molar-refractivity contribution is 8.18. The normalized spacial score (nSPS) is 15.8. The van der Waals surface area contributed by atoms with E-state index in [1.54, 1.807) is 30.3 Å². The number of furan rings is 1. The first-order valence-electron chi connectivity index (χ1n) is 8.98. The Kier molecular flexibility index (Phi) is 5.80. The second-order valence-corrected chi connectivity index (χ2v) is 7.87. The maximum absolute atomic E-state index is 12.3. The molecular weight excluding hydrogens is 458 g/mol. The summed E-state index contributed by atoms with van der Waals surface area (Å²) in [7, 11) is 0. The molecule has 4 rings (SSSR count). The molecule has 0 atom stereocenters. The third-order valence-corrected chi connectivity index (χ3v) is 5.57. The van der Waals surface area contributed by atoms with Crippen molar-refractivity contribution in [2.24, 2.45) is 4.99 Å². The number of aromatic carboxylic acids is 1. The third kappa shape index (κ3) is 4.41. The summed E-state index contributed by atoms with van der Waals surface area (Å²) < 4.78 is 5.69. The quantitative estimate of drug-likeness (QED) is 0.301. The van der Waals surface area contributed by atoms with E-state index >= 15 is 0 Å². The lowest BCUT2D eigenvalue weighted by Gasteiger charge is -2.01. The number of halogens is 1. The van der Waals surface area contributed by atoms with Gasteiger partial charge in [0.05, 0.1) is 31.7 Å². The molecule has 0 spiro atoms. The molecule has 2 heterocycles. The lowest BCUT2D eigenvalue weighted by molar-refractivity contribution is -0.384. The van der Waals surface area contributed by atoms with Crippen molar-refractivity contribution in [1.29, 1.82) is 0 Å². The maximum Gasteiger partial charge on any atom is 0.337 e. The molecule has 0 bridgehead atoms. The van der Waals surface area contributed by atoms with Gasteiger partial charge in [-0.25, -0.2) is 9.79 Å². The zero-order valence-electron chi connectivity index (χ0n) is 15.9. The number of thioether (sulfide) groups is 1. The summed E-state index contributed by atoms with van der Waals surface area (Å²) in [6.45, 7) is 0. The van der Waals surface area contributed by atoms with Crippen LogP contribution in [0.25, 0.3) is 17.4 Å². The van der Waals surface area contributed by atoms with Crippen LogP contribution >= 0.6 is 23.4 Å². The van der Waals surface area contributed by atoms with Crippen molar-refractivity contribution in [2.45, 2.75) is 0 Å². The van der Waals surface area contributed by atoms with Gasteiger partial charge in [0.1, 0.15) is 11.5 Å². The molecule has 3 aromatic rings. The van der Waals surface area contributed by atoms with Gasteiger partial charge in [0.25, 0.3) is 11.6 Å². The van der Waals surface area contributed by atoms with E-state index in [2.05, 4.69) is 10.3 Å². The molecule has 2 aromatic carbocycles. The second-order valence-electron chi connectivity index (χ2n) is 6.43. The van der Waals surface area contributed by atoms with Crippen LogP contribution in [0.4, 0.5) is 11.4 Å². The summed E-state index contributed by atoms with van der Waals surface area (Å²) in [6, 6.07) is 13.6. The molecule has 11 heteroatoms. The van der Waals surface area contributed by atoms with Gasteiger partial charge in [-0.05, 0) is 48.2 Å². The fourth-order valence-corrected chi connectivity index (χ4v) is 3.91. The minimum atomic E-state index is -1.19. The molecule has 1 saturated heterocycles. The lowest BCUT2D eigenvalue weighted by Crippen LogP contribution is -2.19. The summed E-state index contributed by atoms with van der Waals surface area (Å²) in [5.41, 5.74) is 0.446. The van der Waals surface area contributed by atoms with Crippen LogP contribution in [0.3, 0.4) is 0 Å². The number of para-hydroxylation sites is 1. The number of nitro benzene ring substituents is 1. The van der Waals surface area contributed by atoms with Gasteiger partial charge < -0.3 is 14.8 Å². The SMILES string of the molecule is O=C1NC(=Nc2ccc(Cl)c(C(=O)O)c2)S/C1=C\c1ccc(-c2ccccc2[N+](=O)[O-])o1. The van der Waals surface area contributed by atoms with Crippen molar-refractivity contribution in [3.8, 4) is 11.3 Å². The average molecular weight is 470 g/mol. The number of carboxylic acid groups (broad SMARTS) is 1. The van der Waals surface area contributed by atoms with E-state index in [1.165, 1.54) is 30.3 Å². The summed E-state index contributed by atoms with van der Waals surface area (Å²) in [4.78, 5) is 38.8. The number of rotatable bonds is 5. The molecule has 0 aliphatic carbocycles. The third-order valence-electron chi connectivity index (χ3n) is 4.33. The van der Waals surface area contributed by atoms with Crippen LogP contribution in [0.2, 0.25) is 5.02 Å². The number of nitro groups is 1. The molecule has 9 nitrogen and oxygen atoms in total. The molecule has 2 N–H and O–H groups in total. The van der Waals surface area contributed by atoms with E-state index in [1.807, 2.05) is 0 Å². The summed E-state index contributed by atoms with van der Waals surface area (Å²) >= 11 is 6.90. The molecule has 160 valence electrons. The number of carbonyl (C=O) groups excluding carboxylic acids is 1. The van der Waals surface area contributed by atoms with Crippen LogP contribution in [0.15, 0.2) is 68.9 Å². The van der Waals surface area contributed by atoms with Crippen LogP contribution in [-0.4, -0.2) is 27.1 Å². The highest BCUT2D eigenvalue weighted by Gasteiger charge is 2.25. The fourth-order valence-electron chi connectivity index (χ4n) is 2.89. The van der Waals surface area contributed by atoms with Gasteiger partial charge >= 0.3 is 5.97 Å². The van der Waals surface area contributed by atoms with Crippen LogP contribution in [-0.2, 0) is 4.79 Å². The zero-order chi connectivity index (χ0) is 22.8. The monoisotopic (exact) mass is 469 g/mol. The van der Waals surface area contributed by atoms with Crippen molar-refractivity contribution in [2.75, 3.05) is 0 Å². The van der Waals surface area contributed by atoms with Crippen molar-refractivity contribution < 1.29 is 24.0 Å². The topological polar surface area (TPSA) is 135 Å². The van der Waals surface area contributed by atoms with E-state index in [-0.39, 0.29) is 21.4 Å². The first-order chi connectivity index (χ1) is 15.3. The maximum atomic E-state index is 12.3. The first-order valence-corrected chi connectivity index (χ1v) is 10.2. The Morgan fingerprint density at radius 3 is 2.75 bits per heavy atom. The number of carboxylic acids is 1. The van der Waals surface area contributed by atoms with Gasteiger partial charge in [0.2, 0.25) is 0 Å². The first kappa shape index (κ1) is 21.3. The summed E-state index contributed by atoms with van der Waals surface area (Å²) in [5, 5.41) is 23.3. The number of hydrogen-bond acceptors (Lipinski definition) is 7. The molecule has 1 aliphatic rings. The number of benzene rings is 2.